The molecular weight excluding hydrogens is 431 g/mol. The van der Waals surface area contributed by atoms with Crippen molar-refractivity contribution in [3.63, 3.8) is 0 Å². The minimum absolute atomic E-state index is 0.0591. The molecule has 2 heterocycles. The molecule has 0 saturated carbocycles. The van der Waals surface area contributed by atoms with Crippen LogP contribution < -0.4 is 0 Å². The maximum Gasteiger partial charge on any atom is 0.264 e. The molecule has 1 aromatic heterocycles. The number of hydrogen-bond acceptors (Lipinski definition) is 3. The van der Waals surface area contributed by atoms with Crippen molar-refractivity contribution in [2.24, 2.45) is 0 Å². The molecule has 6 nitrogen and oxygen atoms in total. The van der Waals surface area contributed by atoms with Crippen LogP contribution in [0.5, 0.6) is 0 Å². The van der Waals surface area contributed by atoms with Crippen LogP contribution in [-0.2, 0) is 11.3 Å². The Bertz CT molecular complexity index is 1110. The van der Waals surface area contributed by atoms with E-state index < -0.39 is 5.82 Å². The molecule has 0 atom stereocenters. The van der Waals surface area contributed by atoms with Gasteiger partial charge >= 0.3 is 0 Å². The van der Waals surface area contributed by atoms with Crippen molar-refractivity contribution in [3.05, 3.63) is 63.2 Å². The van der Waals surface area contributed by atoms with Crippen molar-refractivity contribution in [1.29, 1.82) is 5.26 Å². The fourth-order valence-corrected chi connectivity index (χ4v) is 4.20. The molecule has 1 aliphatic rings. The van der Waals surface area contributed by atoms with E-state index in [1.807, 2.05) is 26.0 Å². The molecule has 1 fully saturated rings. The van der Waals surface area contributed by atoms with Crippen molar-refractivity contribution >= 4 is 29.5 Å². The highest BCUT2D eigenvalue weighted by Gasteiger charge is 2.27. The van der Waals surface area contributed by atoms with Gasteiger partial charge in [-0.2, -0.15) is 5.26 Å². The Balaban J connectivity index is 1.70. The summed E-state index contributed by atoms with van der Waals surface area (Å²) in [4.78, 5) is 28.8. The van der Waals surface area contributed by atoms with Crippen molar-refractivity contribution in [3.8, 4) is 6.07 Å². The summed E-state index contributed by atoms with van der Waals surface area (Å²) in [7, 11) is 0. The normalized spacial score (nSPS) is 14.4. The third-order valence-electron chi connectivity index (χ3n) is 5.73. The van der Waals surface area contributed by atoms with Crippen LogP contribution in [0.2, 0.25) is 5.02 Å². The number of nitriles is 1. The summed E-state index contributed by atoms with van der Waals surface area (Å²) in [6.07, 6.45) is 2.64. The van der Waals surface area contributed by atoms with E-state index in [9.17, 15) is 19.2 Å². The predicted octanol–water partition coefficient (Wildman–Crippen LogP) is 4.20. The molecular formula is C24H26ClFN4O2. The number of carbonyl (C=O) groups is 2. The molecule has 3 rings (SSSR count). The minimum Gasteiger partial charge on any atom is -0.349 e. The number of aryl methyl sites for hydroxylation is 1. The highest BCUT2D eigenvalue weighted by Crippen LogP contribution is 2.22. The van der Waals surface area contributed by atoms with Gasteiger partial charge in [-0.05, 0) is 56.2 Å². The van der Waals surface area contributed by atoms with Crippen LogP contribution in [0, 0.1) is 31.0 Å². The molecule has 1 saturated heterocycles. The quantitative estimate of drug-likeness (QED) is 0.500. The Morgan fingerprint density at radius 2 is 1.81 bits per heavy atom. The number of piperazine rings is 1. The molecule has 2 amide bonds. The van der Waals surface area contributed by atoms with E-state index in [-0.39, 0.29) is 28.0 Å². The Hall–Kier alpha value is -3.11. The first-order valence-corrected chi connectivity index (χ1v) is 11.0. The van der Waals surface area contributed by atoms with E-state index in [1.54, 1.807) is 15.9 Å². The largest absolute Gasteiger partial charge is 0.349 e. The Morgan fingerprint density at radius 3 is 2.41 bits per heavy atom. The molecule has 0 N–H and O–H groups in total. The van der Waals surface area contributed by atoms with Gasteiger partial charge in [-0.15, -0.1) is 0 Å². The topological polar surface area (TPSA) is 69.3 Å². The molecule has 1 aliphatic heterocycles. The van der Waals surface area contributed by atoms with Crippen LogP contribution in [0.15, 0.2) is 29.8 Å². The van der Waals surface area contributed by atoms with E-state index >= 15 is 0 Å². The van der Waals surface area contributed by atoms with Crippen LogP contribution in [0.3, 0.4) is 0 Å². The highest BCUT2D eigenvalue weighted by molar-refractivity contribution is 6.33. The lowest BCUT2D eigenvalue weighted by Crippen LogP contribution is -2.50. The van der Waals surface area contributed by atoms with E-state index in [0.717, 1.165) is 36.0 Å². The molecule has 168 valence electrons. The lowest BCUT2D eigenvalue weighted by Gasteiger charge is -2.34. The van der Waals surface area contributed by atoms with Gasteiger partial charge in [0.2, 0.25) is 0 Å². The Labute approximate surface area is 192 Å². The number of hydrogen-bond donors (Lipinski definition) is 0. The van der Waals surface area contributed by atoms with Crippen molar-refractivity contribution in [2.45, 2.75) is 33.7 Å². The van der Waals surface area contributed by atoms with Gasteiger partial charge in [-0.1, -0.05) is 18.5 Å². The molecule has 0 unspecified atom stereocenters. The first-order chi connectivity index (χ1) is 15.3. The highest BCUT2D eigenvalue weighted by atomic mass is 35.5. The number of amides is 2. The summed E-state index contributed by atoms with van der Waals surface area (Å²) in [6.45, 7) is 8.21. The number of rotatable bonds is 5. The second-order valence-corrected chi connectivity index (χ2v) is 8.26. The van der Waals surface area contributed by atoms with Gasteiger partial charge in [0.05, 0.1) is 10.6 Å². The molecule has 0 aliphatic carbocycles. The lowest BCUT2D eigenvalue weighted by molar-refractivity contribution is -0.128. The van der Waals surface area contributed by atoms with E-state index in [0.29, 0.717) is 26.2 Å². The summed E-state index contributed by atoms with van der Waals surface area (Å²) >= 11 is 6.01. The van der Waals surface area contributed by atoms with Crippen molar-refractivity contribution in [2.75, 3.05) is 26.2 Å². The van der Waals surface area contributed by atoms with Gasteiger partial charge in [0.15, 0.2) is 0 Å². The molecule has 1 aromatic carbocycles. The zero-order chi connectivity index (χ0) is 23.4. The maximum atomic E-state index is 13.3. The molecule has 0 radical (unpaired) electrons. The summed E-state index contributed by atoms with van der Waals surface area (Å²) in [5, 5.41) is 9.68. The molecule has 0 bridgehead atoms. The Kier molecular flexibility index (Phi) is 7.37. The summed E-state index contributed by atoms with van der Waals surface area (Å²) < 4.78 is 15.4. The van der Waals surface area contributed by atoms with Crippen LogP contribution in [0.4, 0.5) is 4.39 Å². The molecule has 32 heavy (non-hydrogen) atoms. The van der Waals surface area contributed by atoms with E-state index in [4.69, 9.17) is 11.6 Å². The van der Waals surface area contributed by atoms with Crippen molar-refractivity contribution < 1.29 is 14.0 Å². The lowest BCUT2D eigenvalue weighted by atomic mass is 10.1. The monoisotopic (exact) mass is 456 g/mol. The van der Waals surface area contributed by atoms with Crippen LogP contribution in [0.25, 0.3) is 6.08 Å². The van der Waals surface area contributed by atoms with Crippen LogP contribution in [0.1, 0.15) is 40.7 Å². The zero-order valence-electron chi connectivity index (χ0n) is 18.5. The van der Waals surface area contributed by atoms with Gasteiger partial charge < -0.3 is 14.4 Å². The first-order valence-electron chi connectivity index (χ1n) is 10.6. The second kappa shape index (κ2) is 10.0. The van der Waals surface area contributed by atoms with Crippen LogP contribution >= 0.6 is 11.6 Å². The SMILES string of the molecule is CCCn1c(C)cc(/C=C(/C#N)C(=O)N2CCN(C(=O)c3ccc(F)cc3Cl)CC2)c1C. The summed E-state index contributed by atoms with van der Waals surface area (Å²) in [6, 6.07) is 7.69. The molecule has 0 spiro atoms. The van der Waals surface area contributed by atoms with Gasteiger partial charge in [-0.3, -0.25) is 9.59 Å². The van der Waals surface area contributed by atoms with Gasteiger partial charge in [0, 0.05) is 44.1 Å². The third kappa shape index (κ3) is 4.86. The van der Waals surface area contributed by atoms with Gasteiger partial charge in [0.25, 0.3) is 11.8 Å². The number of benzene rings is 1. The standard InChI is InChI=1S/C24H26ClFN4O2/c1-4-7-30-16(2)12-18(17(30)3)13-19(15-27)23(31)28-8-10-29(11-9-28)24(32)21-6-5-20(26)14-22(21)25/h5-6,12-14H,4,7-11H2,1-3H3/b19-13-. The smallest absolute Gasteiger partial charge is 0.264 e. The number of aromatic nitrogens is 1. The molecule has 8 heteroatoms. The van der Waals surface area contributed by atoms with E-state index in [2.05, 4.69) is 11.5 Å². The third-order valence-corrected chi connectivity index (χ3v) is 6.04. The number of carbonyl (C=O) groups excluding carboxylic acids is 2. The summed E-state index contributed by atoms with van der Waals surface area (Å²) in [5.41, 5.74) is 3.28. The minimum atomic E-state index is -0.506. The predicted molar refractivity (Wildman–Crippen MR) is 122 cm³/mol. The molecule has 2 aromatic rings. The average molecular weight is 457 g/mol. The Morgan fingerprint density at radius 1 is 1.16 bits per heavy atom. The average Bonchev–Trinajstić information content (AvgIpc) is 3.04. The summed E-state index contributed by atoms with van der Waals surface area (Å²) in [5.74, 6) is -1.16. The van der Waals surface area contributed by atoms with Crippen molar-refractivity contribution in [1.82, 2.24) is 14.4 Å². The van der Waals surface area contributed by atoms with E-state index in [1.165, 1.54) is 12.1 Å². The maximum absolute atomic E-state index is 13.3. The van der Waals surface area contributed by atoms with Crippen LogP contribution in [-0.4, -0.2) is 52.4 Å². The van der Waals surface area contributed by atoms with Gasteiger partial charge in [0.1, 0.15) is 17.5 Å². The number of halogens is 2. The second-order valence-electron chi connectivity index (χ2n) is 7.86. The fourth-order valence-electron chi connectivity index (χ4n) is 3.96. The fraction of sp³-hybridized carbons (Fsp3) is 0.375. The first kappa shape index (κ1) is 23.6. The zero-order valence-corrected chi connectivity index (χ0v) is 19.2. The van der Waals surface area contributed by atoms with Gasteiger partial charge in [-0.25, -0.2) is 4.39 Å². The number of nitrogens with zero attached hydrogens (tertiary/aromatic N) is 4.